The molecule has 2 fully saturated rings. The van der Waals surface area contributed by atoms with Crippen molar-refractivity contribution in [2.24, 2.45) is 33.7 Å². The molecule has 2 saturated carbocycles. The van der Waals surface area contributed by atoms with Gasteiger partial charge in [0.25, 0.3) is 0 Å². The number of fused-ring (bicyclic) bond motifs is 8. The quantitative estimate of drug-likeness (QED) is 0.125. The first-order chi connectivity index (χ1) is 29.8. The summed E-state index contributed by atoms with van der Waals surface area (Å²) in [5.41, 5.74) is 10.2. The third-order valence-corrected chi connectivity index (χ3v) is 13.7. The second kappa shape index (κ2) is 18.9. The van der Waals surface area contributed by atoms with E-state index < -0.39 is 61.0 Å². The van der Waals surface area contributed by atoms with Gasteiger partial charge in [-0.05, 0) is 107 Å². The molecule has 0 amide bonds. The molecule has 6 N–H and O–H groups in total. The van der Waals surface area contributed by atoms with E-state index in [-0.39, 0.29) is 86.1 Å². The summed E-state index contributed by atoms with van der Waals surface area (Å²) in [6, 6.07) is 9.55. The van der Waals surface area contributed by atoms with Gasteiger partial charge in [-0.3, -0.25) is 19.6 Å². The fourth-order valence-corrected chi connectivity index (χ4v) is 10.6. The topological polar surface area (TPSA) is 180 Å². The third kappa shape index (κ3) is 9.59. The van der Waals surface area contributed by atoms with Gasteiger partial charge >= 0.3 is 49.7 Å². The van der Waals surface area contributed by atoms with Gasteiger partial charge < -0.3 is 30.6 Å². The fraction of sp³-hybridized carbons (Fsp3) is 0.440. The minimum atomic E-state index is -1.15. The summed E-state index contributed by atoms with van der Waals surface area (Å²) in [4.78, 5) is 32.0. The molecule has 0 radical (unpaired) electrons. The number of dihydropyridines is 2. The van der Waals surface area contributed by atoms with Crippen LogP contribution in [0.5, 0.6) is 0 Å². The van der Waals surface area contributed by atoms with Gasteiger partial charge in [0.15, 0.2) is 0 Å². The van der Waals surface area contributed by atoms with Crippen molar-refractivity contribution in [3.8, 4) is 0 Å². The molecule has 0 spiro atoms. The van der Waals surface area contributed by atoms with Crippen molar-refractivity contribution < 1.29 is 49.0 Å². The summed E-state index contributed by atoms with van der Waals surface area (Å²) in [7, 11) is 0. The van der Waals surface area contributed by atoms with Crippen LogP contribution in [0.3, 0.4) is 0 Å². The number of carboxylic acids is 2. The van der Waals surface area contributed by atoms with Crippen molar-refractivity contribution in [3.63, 3.8) is 0 Å². The van der Waals surface area contributed by atoms with Gasteiger partial charge in [-0.1, -0.05) is 60.7 Å². The van der Waals surface area contributed by atoms with Crippen molar-refractivity contribution in [2.45, 2.75) is 113 Å². The summed E-state index contributed by atoms with van der Waals surface area (Å²) < 4.78 is 28.5. The molecule has 0 saturated heterocycles. The summed E-state index contributed by atoms with van der Waals surface area (Å²) in [5.74, 6) is -2.76. The Morgan fingerprint density at radius 3 is 1.35 bits per heavy atom. The molecule has 2 heterocycles. The summed E-state index contributed by atoms with van der Waals surface area (Å²) in [6.07, 6.45) is 16.8. The maximum atomic E-state index is 14.3. The number of allylic oxidation sites excluding steroid dienone is 6. The number of halogens is 2. The van der Waals surface area contributed by atoms with Gasteiger partial charge in [-0.2, -0.15) is 0 Å². The van der Waals surface area contributed by atoms with Crippen LogP contribution in [0.1, 0.15) is 98.3 Å². The van der Waals surface area contributed by atoms with Crippen molar-refractivity contribution in [2.75, 3.05) is 0 Å². The first-order valence-corrected chi connectivity index (χ1v) is 21.9. The van der Waals surface area contributed by atoms with E-state index in [4.69, 9.17) is 20.2 Å². The second-order valence-corrected chi connectivity index (χ2v) is 18.1. The number of aliphatic hydroxyl groups is 4. The predicted molar refractivity (Wildman–Crippen MR) is 236 cm³/mol. The largest absolute Gasteiger partial charge is 2.00 e. The molecule has 6 aliphatic carbocycles. The molecule has 324 valence electrons. The van der Waals surface area contributed by atoms with Gasteiger partial charge in [-0.25, -0.2) is 8.78 Å². The number of hydrogen-bond donors (Lipinski definition) is 6. The minimum absolute atomic E-state index is 0. The number of hydrogen-bond acceptors (Lipinski definition) is 8. The Balaban J connectivity index is 0.000000170. The van der Waals surface area contributed by atoms with Crippen LogP contribution in [0.4, 0.5) is 8.78 Å². The van der Waals surface area contributed by atoms with E-state index >= 15 is 0 Å². The Morgan fingerprint density at radius 2 is 0.984 bits per heavy atom. The van der Waals surface area contributed by atoms with Crippen LogP contribution in [0.2, 0.25) is 0 Å². The first-order valence-electron chi connectivity index (χ1n) is 21.9. The van der Waals surface area contributed by atoms with E-state index in [1.165, 1.54) is 35.4 Å². The van der Waals surface area contributed by atoms with Crippen molar-refractivity contribution >= 4 is 72.2 Å². The molecule has 0 bridgehead atoms. The normalized spacial score (nSPS) is 27.9. The number of carbonyl (C=O) groups is 2. The molecule has 10 nitrogen and oxygen atoms in total. The molecule has 4 unspecified atom stereocenters. The Morgan fingerprint density at radius 1 is 0.603 bits per heavy atom. The van der Waals surface area contributed by atoms with Crippen LogP contribution >= 0.6 is 0 Å². The van der Waals surface area contributed by atoms with E-state index in [1.54, 1.807) is 12.1 Å². The monoisotopic (exact) mass is 886 g/mol. The number of aliphatic hydroxyl groups excluding tert-OH is 4. The molecule has 10 rings (SSSR count). The molecule has 63 heavy (non-hydrogen) atoms. The zero-order valence-electron chi connectivity index (χ0n) is 34.9. The Kier molecular flexibility index (Phi) is 13.7. The number of aliphatic imine (C=N–C) groups is 2. The molecular weight excluding hydrogens is 835 g/mol. The van der Waals surface area contributed by atoms with Crippen LogP contribution in [0.15, 0.2) is 106 Å². The van der Waals surface area contributed by atoms with Gasteiger partial charge in [0.05, 0.1) is 49.3 Å². The van der Waals surface area contributed by atoms with Gasteiger partial charge in [0.2, 0.25) is 0 Å². The van der Waals surface area contributed by atoms with Crippen molar-refractivity contribution in [1.82, 2.24) is 0 Å². The molecule has 2 aromatic rings. The standard InChI is InChI=1S/2C25H26FNO4.Ca/c2*26-14-7-8-16-18(9-14)19(22(29)10-15(28)11-23(30)31)12-20-24(16)17-3-1-2-4-21(17)27-25(20)13-5-6-13;/h2*1-4,7-9,13,15,17,19,21-22,28-29H,5-6,10-12H2,(H,30,31);/q;;+2/t2*15-,17?,19+,21?,22+;/m11./s1. The van der Waals surface area contributed by atoms with Crippen molar-refractivity contribution in [1.29, 1.82) is 0 Å². The molecule has 10 atom stereocenters. The smallest absolute Gasteiger partial charge is 0.481 e. The summed E-state index contributed by atoms with van der Waals surface area (Å²) in [5, 5.41) is 60.1. The number of aliphatic carboxylic acids is 2. The van der Waals surface area contributed by atoms with Crippen LogP contribution in [-0.4, -0.2) is 128 Å². The molecule has 2 aromatic carbocycles. The van der Waals surface area contributed by atoms with Gasteiger partial charge in [0, 0.05) is 59.8 Å². The second-order valence-electron chi connectivity index (χ2n) is 18.1. The van der Waals surface area contributed by atoms with E-state index in [0.29, 0.717) is 24.7 Å². The Bertz CT molecular complexity index is 2240. The van der Waals surface area contributed by atoms with Crippen LogP contribution in [0, 0.1) is 35.3 Å². The van der Waals surface area contributed by atoms with E-state index in [9.17, 15) is 38.8 Å². The predicted octanol–water partition coefficient (Wildman–Crippen LogP) is 6.88. The summed E-state index contributed by atoms with van der Waals surface area (Å²) >= 11 is 0. The number of nitrogens with zero attached hydrogens (tertiary/aromatic N) is 2. The third-order valence-electron chi connectivity index (χ3n) is 13.7. The van der Waals surface area contributed by atoms with E-state index in [1.807, 2.05) is 24.3 Å². The van der Waals surface area contributed by atoms with E-state index in [0.717, 1.165) is 70.5 Å². The van der Waals surface area contributed by atoms with Crippen LogP contribution < -0.4 is 0 Å². The fourth-order valence-electron chi connectivity index (χ4n) is 10.6. The summed E-state index contributed by atoms with van der Waals surface area (Å²) in [6.45, 7) is 0. The van der Waals surface area contributed by atoms with Crippen molar-refractivity contribution in [3.05, 3.63) is 130 Å². The van der Waals surface area contributed by atoms with Gasteiger partial charge in [-0.15, -0.1) is 0 Å². The van der Waals surface area contributed by atoms with Crippen LogP contribution in [-0.2, 0) is 9.59 Å². The average molecular weight is 887 g/mol. The van der Waals surface area contributed by atoms with Gasteiger partial charge in [0.1, 0.15) is 11.6 Å². The number of rotatable bonds is 12. The minimum Gasteiger partial charge on any atom is -0.481 e. The molecule has 0 aromatic heterocycles. The zero-order chi connectivity index (χ0) is 43.4. The van der Waals surface area contributed by atoms with E-state index in [2.05, 4.69) is 24.3 Å². The molecule has 13 heteroatoms. The number of benzene rings is 2. The average Bonchev–Trinajstić information content (AvgIpc) is 4.17. The first kappa shape index (κ1) is 45.7. The number of carboxylic acid groups (broad SMARTS) is 2. The maximum absolute atomic E-state index is 14.3. The molecule has 2 aliphatic heterocycles. The Labute approximate surface area is 395 Å². The molecule has 8 aliphatic rings. The Hall–Kier alpha value is -3.88. The molecular formula is C50H52CaF2N2O8+2. The van der Waals surface area contributed by atoms with Crippen LogP contribution in [0.25, 0.3) is 11.1 Å². The zero-order valence-corrected chi connectivity index (χ0v) is 37.1. The maximum Gasteiger partial charge on any atom is 2.00 e. The SMILES string of the molecule is O=C(O)C[C@H](O)C[C@H](O)[C@H]1CC2=C(c3ccc(F)cc31)C1C=CC=CC1N=C2C1CC1.O=C(O)C[C@H](O)C[C@H](O)[C@H]1CC2=C(c3ccc(F)cc31)C1C=CC=CC1N=C2C1CC1.[Ca+2].